The van der Waals surface area contributed by atoms with Gasteiger partial charge in [-0.25, -0.2) is 4.98 Å². The SMILES string of the molecule is Cc1nc2ccccc2n1C1CCN(CC(C)(C)N)CC1.Cl. The third-order valence-electron chi connectivity index (χ3n) is 4.33. The highest BCUT2D eigenvalue weighted by atomic mass is 35.5. The van der Waals surface area contributed by atoms with Crippen LogP contribution in [0.4, 0.5) is 0 Å². The number of hydrogen-bond acceptors (Lipinski definition) is 3. The van der Waals surface area contributed by atoms with E-state index < -0.39 is 0 Å². The molecule has 0 saturated carbocycles. The first kappa shape index (κ1) is 17.3. The second-order valence-corrected chi connectivity index (χ2v) is 7.01. The van der Waals surface area contributed by atoms with Crippen LogP contribution < -0.4 is 5.73 Å². The molecule has 0 spiro atoms. The highest BCUT2D eigenvalue weighted by molar-refractivity contribution is 5.85. The van der Waals surface area contributed by atoms with Crippen LogP contribution in [0.25, 0.3) is 11.0 Å². The number of hydrogen-bond donors (Lipinski definition) is 1. The number of piperidine rings is 1. The Kier molecular flexibility index (Phi) is 5.15. The van der Waals surface area contributed by atoms with Crippen molar-refractivity contribution in [3.8, 4) is 0 Å². The molecule has 1 saturated heterocycles. The van der Waals surface area contributed by atoms with Crippen LogP contribution in [-0.4, -0.2) is 39.6 Å². The van der Waals surface area contributed by atoms with Crippen LogP contribution in [0.5, 0.6) is 0 Å². The standard InChI is InChI=1S/C17H26N4.ClH/c1-13-19-15-6-4-5-7-16(15)21(13)14-8-10-20(11-9-14)12-17(2,3)18;/h4-7,14H,8-12,18H2,1-3H3;1H. The van der Waals surface area contributed by atoms with Crippen molar-refractivity contribution < 1.29 is 0 Å². The Bertz CT molecular complexity index is 621. The second kappa shape index (κ2) is 6.57. The van der Waals surface area contributed by atoms with Gasteiger partial charge in [0.2, 0.25) is 0 Å². The van der Waals surface area contributed by atoms with Crippen molar-refractivity contribution in [3.63, 3.8) is 0 Å². The van der Waals surface area contributed by atoms with E-state index in [9.17, 15) is 0 Å². The minimum atomic E-state index is -0.107. The zero-order valence-corrected chi connectivity index (χ0v) is 14.6. The summed E-state index contributed by atoms with van der Waals surface area (Å²) in [6.45, 7) is 9.55. The van der Waals surface area contributed by atoms with Crippen molar-refractivity contribution in [1.82, 2.24) is 14.5 Å². The third-order valence-corrected chi connectivity index (χ3v) is 4.33. The summed E-state index contributed by atoms with van der Waals surface area (Å²) < 4.78 is 2.43. The zero-order chi connectivity index (χ0) is 15.0. The van der Waals surface area contributed by atoms with Crippen LogP contribution in [0.15, 0.2) is 24.3 Å². The van der Waals surface area contributed by atoms with Gasteiger partial charge in [0, 0.05) is 31.2 Å². The molecule has 0 atom stereocenters. The lowest BCUT2D eigenvalue weighted by Gasteiger charge is -2.36. The summed E-state index contributed by atoms with van der Waals surface area (Å²) >= 11 is 0. The third kappa shape index (κ3) is 3.62. The van der Waals surface area contributed by atoms with Crippen LogP contribution >= 0.6 is 12.4 Å². The minimum Gasteiger partial charge on any atom is -0.325 e. The van der Waals surface area contributed by atoms with Gasteiger partial charge in [-0.15, -0.1) is 12.4 Å². The summed E-state index contributed by atoms with van der Waals surface area (Å²) in [5.74, 6) is 1.13. The molecule has 0 unspecified atom stereocenters. The minimum absolute atomic E-state index is 0. The summed E-state index contributed by atoms with van der Waals surface area (Å²) in [6, 6.07) is 9.02. The van der Waals surface area contributed by atoms with Crippen LogP contribution in [0.3, 0.4) is 0 Å². The van der Waals surface area contributed by atoms with Gasteiger partial charge in [0.15, 0.2) is 0 Å². The van der Waals surface area contributed by atoms with E-state index in [1.807, 2.05) is 0 Å². The number of fused-ring (bicyclic) bond motifs is 1. The number of imidazole rings is 1. The van der Waals surface area contributed by atoms with Gasteiger partial charge >= 0.3 is 0 Å². The molecule has 1 aromatic heterocycles. The highest BCUT2D eigenvalue weighted by Crippen LogP contribution is 2.28. The van der Waals surface area contributed by atoms with Crippen LogP contribution in [-0.2, 0) is 0 Å². The Labute approximate surface area is 139 Å². The molecule has 1 aliphatic rings. The maximum atomic E-state index is 6.14. The van der Waals surface area contributed by atoms with E-state index in [-0.39, 0.29) is 17.9 Å². The van der Waals surface area contributed by atoms with Crippen LogP contribution in [0, 0.1) is 6.92 Å². The van der Waals surface area contributed by atoms with E-state index in [0.29, 0.717) is 6.04 Å². The molecule has 2 N–H and O–H groups in total. The van der Waals surface area contributed by atoms with Crippen molar-refractivity contribution in [2.24, 2.45) is 5.73 Å². The Morgan fingerprint density at radius 2 is 1.86 bits per heavy atom. The molecule has 1 aromatic carbocycles. The Morgan fingerprint density at radius 3 is 2.50 bits per heavy atom. The lowest BCUT2D eigenvalue weighted by Crippen LogP contribution is -2.48. The van der Waals surface area contributed by atoms with Gasteiger partial charge in [-0.3, -0.25) is 0 Å². The van der Waals surface area contributed by atoms with E-state index in [1.54, 1.807) is 0 Å². The molecular formula is C17H27ClN4. The summed E-state index contributed by atoms with van der Waals surface area (Å²) in [4.78, 5) is 7.19. The van der Waals surface area contributed by atoms with E-state index in [0.717, 1.165) is 31.0 Å². The lowest BCUT2D eigenvalue weighted by atomic mass is 10.0. The van der Waals surface area contributed by atoms with Gasteiger partial charge in [0.1, 0.15) is 5.82 Å². The monoisotopic (exact) mass is 322 g/mol. The fraction of sp³-hybridized carbons (Fsp3) is 0.588. The van der Waals surface area contributed by atoms with Crippen molar-refractivity contribution in [1.29, 1.82) is 0 Å². The van der Waals surface area contributed by atoms with E-state index >= 15 is 0 Å². The maximum Gasteiger partial charge on any atom is 0.106 e. The average Bonchev–Trinajstić information content (AvgIpc) is 2.74. The molecular weight excluding hydrogens is 296 g/mol. The van der Waals surface area contributed by atoms with E-state index in [4.69, 9.17) is 10.7 Å². The second-order valence-electron chi connectivity index (χ2n) is 7.01. The molecule has 5 heteroatoms. The molecule has 1 fully saturated rings. The summed E-state index contributed by atoms with van der Waals surface area (Å²) in [5.41, 5.74) is 8.41. The number of aromatic nitrogens is 2. The molecule has 0 amide bonds. The Balaban J connectivity index is 0.00000176. The highest BCUT2D eigenvalue weighted by Gasteiger charge is 2.25. The lowest BCUT2D eigenvalue weighted by molar-refractivity contribution is 0.160. The normalized spacial score (nSPS) is 17.6. The number of nitrogens with zero attached hydrogens (tertiary/aromatic N) is 3. The van der Waals surface area contributed by atoms with Crippen molar-refractivity contribution >= 4 is 23.4 Å². The fourth-order valence-corrected chi connectivity index (χ4v) is 3.54. The number of rotatable bonds is 3. The molecule has 3 rings (SSSR count). The molecule has 0 radical (unpaired) electrons. The van der Waals surface area contributed by atoms with Gasteiger partial charge in [0.05, 0.1) is 11.0 Å². The zero-order valence-electron chi connectivity index (χ0n) is 13.7. The molecule has 4 nitrogen and oxygen atoms in total. The smallest absolute Gasteiger partial charge is 0.106 e. The van der Waals surface area contributed by atoms with Crippen LogP contribution in [0.1, 0.15) is 38.6 Å². The quantitative estimate of drug-likeness (QED) is 0.944. The topological polar surface area (TPSA) is 47.1 Å². The fourth-order valence-electron chi connectivity index (χ4n) is 3.54. The Hall–Kier alpha value is -1.10. The maximum absolute atomic E-state index is 6.14. The predicted molar refractivity (Wildman–Crippen MR) is 94.7 cm³/mol. The predicted octanol–water partition coefficient (Wildman–Crippen LogP) is 3.14. The molecule has 122 valence electrons. The van der Waals surface area contributed by atoms with Gasteiger partial charge in [-0.1, -0.05) is 12.1 Å². The summed E-state index contributed by atoms with van der Waals surface area (Å²) in [7, 11) is 0. The number of para-hydroxylation sites is 2. The van der Waals surface area contributed by atoms with Crippen molar-refractivity contribution in [2.75, 3.05) is 19.6 Å². The molecule has 22 heavy (non-hydrogen) atoms. The number of halogens is 1. The molecule has 0 bridgehead atoms. The molecule has 2 heterocycles. The number of aryl methyl sites for hydroxylation is 1. The van der Waals surface area contributed by atoms with E-state index in [1.165, 1.54) is 18.4 Å². The number of nitrogens with two attached hydrogens (primary N) is 1. The summed E-state index contributed by atoms with van der Waals surface area (Å²) in [5, 5.41) is 0. The first-order valence-electron chi connectivity index (χ1n) is 7.89. The first-order valence-corrected chi connectivity index (χ1v) is 7.89. The molecule has 2 aromatic rings. The molecule has 1 aliphatic heterocycles. The van der Waals surface area contributed by atoms with Crippen molar-refractivity contribution in [2.45, 2.75) is 45.2 Å². The van der Waals surface area contributed by atoms with E-state index in [2.05, 4.69) is 54.5 Å². The number of likely N-dealkylation sites (tertiary alicyclic amines) is 1. The van der Waals surface area contributed by atoms with Gasteiger partial charge in [0.25, 0.3) is 0 Å². The largest absolute Gasteiger partial charge is 0.325 e. The van der Waals surface area contributed by atoms with Gasteiger partial charge < -0.3 is 15.2 Å². The van der Waals surface area contributed by atoms with Crippen molar-refractivity contribution in [3.05, 3.63) is 30.1 Å². The summed E-state index contributed by atoms with van der Waals surface area (Å²) in [6.07, 6.45) is 2.36. The first-order chi connectivity index (χ1) is 9.94. The Morgan fingerprint density at radius 1 is 1.23 bits per heavy atom. The average molecular weight is 323 g/mol. The number of benzene rings is 1. The van der Waals surface area contributed by atoms with Gasteiger partial charge in [-0.2, -0.15) is 0 Å². The van der Waals surface area contributed by atoms with Gasteiger partial charge in [-0.05, 0) is 45.7 Å². The molecule has 0 aliphatic carbocycles. The van der Waals surface area contributed by atoms with Crippen LogP contribution in [0.2, 0.25) is 0 Å².